The highest BCUT2D eigenvalue weighted by Gasteiger charge is 2.12. The Balaban J connectivity index is 2.05. The number of benzene rings is 2. The zero-order valence-electron chi connectivity index (χ0n) is 15.5. The van der Waals surface area contributed by atoms with E-state index in [1.165, 1.54) is 6.92 Å². The highest BCUT2D eigenvalue weighted by Crippen LogP contribution is 2.38. The Morgan fingerprint density at radius 2 is 1.59 bits per heavy atom. The molecule has 0 radical (unpaired) electrons. The summed E-state index contributed by atoms with van der Waals surface area (Å²) in [7, 11) is 4.70. The van der Waals surface area contributed by atoms with Gasteiger partial charge < -0.3 is 24.3 Å². The molecular weight excluding hydrogens is 348 g/mol. The van der Waals surface area contributed by atoms with Crippen molar-refractivity contribution in [1.29, 1.82) is 0 Å². The number of methoxy groups -OCH3 is 3. The van der Waals surface area contributed by atoms with Crippen LogP contribution in [0.4, 0.5) is 5.69 Å². The van der Waals surface area contributed by atoms with Crippen molar-refractivity contribution < 1.29 is 23.7 Å². The van der Waals surface area contributed by atoms with Gasteiger partial charge in [-0.2, -0.15) is 0 Å². The molecule has 2 aromatic carbocycles. The number of anilines is 1. The number of nitrogens with one attached hydrogen (secondary N) is 1. The number of ether oxygens (including phenoxy) is 4. The molecule has 7 heteroatoms. The molecule has 7 nitrogen and oxygen atoms in total. The second kappa shape index (κ2) is 7.82. The Morgan fingerprint density at radius 3 is 2.26 bits per heavy atom. The van der Waals surface area contributed by atoms with Crippen molar-refractivity contribution in [2.45, 2.75) is 6.92 Å². The van der Waals surface area contributed by atoms with Crippen molar-refractivity contribution in [3.63, 3.8) is 0 Å². The maximum absolute atomic E-state index is 11.4. The number of pyridine rings is 1. The average molecular weight is 368 g/mol. The fraction of sp³-hybridized carbons (Fsp3) is 0.200. The van der Waals surface area contributed by atoms with Crippen LogP contribution in [0.15, 0.2) is 42.6 Å². The minimum Gasteiger partial charge on any atom is -0.497 e. The van der Waals surface area contributed by atoms with E-state index >= 15 is 0 Å². The van der Waals surface area contributed by atoms with Crippen molar-refractivity contribution in [2.24, 2.45) is 0 Å². The predicted octanol–water partition coefficient (Wildman–Crippen LogP) is 4.01. The van der Waals surface area contributed by atoms with E-state index in [0.717, 1.165) is 5.39 Å². The van der Waals surface area contributed by atoms with E-state index in [4.69, 9.17) is 18.9 Å². The lowest BCUT2D eigenvalue weighted by Crippen LogP contribution is -2.06. The Kier molecular flexibility index (Phi) is 5.30. The lowest BCUT2D eigenvalue weighted by atomic mass is 10.1. The molecule has 3 rings (SSSR count). The number of carbonyl (C=O) groups is 1. The molecule has 0 atom stereocenters. The fourth-order valence-electron chi connectivity index (χ4n) is 2.69. The van der Waals surface area contributed by atoms with Crippen LogP contribution in [0.5, 0.6) is 28.7 Å². The summed E-state index contributed by atoms with van der Waals surface area (Å²) in [6, 6.07) is 10.5. The first-order valence-corrected chi connectivity index (χ1v) is 8.19. The average Bonchev–Trinajstić information content (AvgIpc) is 2.66. The highest BCUT2D eigenvalue weighted by atomic mass is 16.5. The summed E-state index contributed by atoms with van der Waals surface area (Å²) in [6.45, 7) is 1.44. The normalized spacial score (nSPS) is 10.4. The Morgan fingerprint density at radius 1 is 0.889 bits per heavy atom. The monoisotopic (exact) mass is 368 g/mol. The maximum atomic E-state index is 11.4. The van der Waals surface area contributed by atoms with E-state index in [9.17, 15) is 4.79 Å². The molecular formula is C20H20N2O5. The van der Waals surface area contributed by atoms with Gasteiger partial charge in [-0.05, 0) is 12.1 Å². The third kappa shape index (κ3) is 4.03. The van der Waals surface area contributed by atoms with E-state index in [1.54, 1.807) is 57.9 Å². The number of fused-ring (bicyclic) bond motifs is 1. The van der Waals surface area contributed by atoms with Crippen molar-refractivity contribution in [2.75, 3.05) is 26.6 Å². The molecule has 0 spiro atoms. The summed E-state index contributed by atoms with van der Waals surface area (Å²) in [5.74, 6) is 2.65. The van der Waals surface area contributed by atoms with E-state index in [0.29, 0.717) is 40.0 Å². The lowest BCUT2D eigenvalue weighted by Gasteiger charge is -2.14. The molecule has 1 heterocycles. The largest absolute Gasteiger partial charge is 0.497 e. The van der Waals surface area contributed by atoms with Gasteiger partial charge in [-0.25, -0.2) is 0 Å². The van der Waals surface area contributed by atoms with E-state index in [-0.39, 0.29) is 5.91 Å². The van der Waals surface area contributed by atoms with Gasteiger partial charge in [0.05, 0.1) is 26.8 Å². The molecule has 0 aliphatic carbocycles. The predicted molar refractivity (Wildman–Crippen MR) is 102 cm³/mol. The van der Waals surface area contributed by atoms with Crippen LogP contribution < -0.4 is 24.3 Å². The molecule has 140 valence electrons. The van der Waals surface area contributed by atoms with Crippen LogP contribution >= 0.6 is 0 Å². The lowest BCUT2D eigenvalue weighted by molar-refractivity contribution is -0.114. The van der Waals surface area contributed by atoms with Crippen LogP contribution in [0.2, 0.25) is 0 Å². The minimum absolute atomic E-state index is 0.180. The highest BCUT2D eigenvalue weighted by molar-refractivity contribution is 5.90. The van der Waals surface area contributed by atoms with Crippen LogP contribution in [0.25, 0.3) is 10.9 Å². The minimum atomic E-state index is -0.180. The molecule has 0 aliphatic rings. The molecule has 1 N–H and O–H groups in total. The molecule has 0 saturated carbocycles. The van der Waals surface area contributed by atoms with Gasteiger partial charge in [-0.1, -0.05) is 0 Å². The van der Waals surface area contributed by atoms with Crippen LogP contribution in [0.3, 0.4) is 0 Å². The van der Waals surface area contributed by atoms with E-state index in [2.05, 4.69) is 10.3 Å². The van der Waals surface area contributed by atoms with Gasteiger partial charge in [-0.15, -0.1) is 0 Å². The molecule has 0 unspecified atom stereocenters. The van der Waals surface area contributed by atoms with Crippen LogP contribution in [-0.2, 0) is 4.79 Å². The molecule has 27 heavy (non-hydrogen) atoms. The van der Waals surface area contributed by atoms with Crippen molar-refractivity contribution >= 4 is 22.5 Å². The van der Waals surface area contributed by atoms with Crippen molar-refractivity contribution in [3.05, 3.63) is 42.6 Å². The van der Waals surface area contributed by atoms with Gasteiger partial charge in [-0.3, -0.25) is 9.78 Å². The van der Waals surface area contributed by atoms with Gasteiger partial charge in [0.1, 0.15) is 17.2 Å². The number of hydrogen-bond donors (Lipinski definition) is 1. The fourth-order valence-corrected chi connectivity index (χ4v) is 2.69. The molecule has 0 saturated heterocycles. The molecule has 3 aromatic rings. The smallest absolute Gasteiger partial charge is 0.221 e. The zero-order chi connectivity index (χ0) is 19.4. The summed E-state index contributed by atoms with van der Waals surface area (Å²) in [5.41, 5.74) is 1.28. The van der Waals surface area contributed by atoms with E-state index in [1.807, 2.05) is 6.07 Å². The van der Waals surface area contributed by atoms with Crippen LogP contribution in [0.1, 0.15) is 6.92 Å². The number of nitrogens with zero attached hydrogens (tertiary/aromatic N) is 1. The van der Waals surface area contributed by atoms with Crippen molar-refractivity contribution in [1.82, 2.24) is 4.98 Å². The number of hydrogen-bond acceptors (Lipinski definition) is 6. The number of aromatic nitrogens is 1. The summed E-state index contributed by atoms with van der Waals surface area (Å²) in [4.78, 5) is 15.7. The first-order valence-electron chi connectivity index (χ1n) is 8.19. The van der Waals surface area contributed by atoms with Gasteiger partial charge in [0.25, 0.3) is 0 Å². The molecule has 0 aliphatic heterocycles. The second-order valence-electron chi connectivity index (χ2n) is 5.71. The number of rotatable bonds is 6. The summed E-state index contributed by atoms with van der Waals surface area (Å²) < 4.78 is 22.0. The Hall–Kier alpha value is -3.48. The number of carbonyl (C=O) groups excluding carboxylic acids is 1. The van der Waals surface area contributed by atoms with Gasteiger partial charge >= 0.3 is 0 Å². The third-order valence-electron chi connectivity index (χ3n) is 3.87. The van der Waals surface area contributed by atoms with Crippen LogP contribution in [0, 0.1) is 0 Å². The standard InChI is InChI=1S/C20H20N2O5/c1-12(23)22-13-7-14(24-2)9-15(8-13)27-18-5-6-21-17-11-20(26-4)19(25-3)10-16(17)18/h5-11H,1-4H3,(H,22,23). The first kappa shape index (κ1) is 18.3. The van der Waals surface area contributed by atoms with Gasteiger partial charge in [0.15, 0.2) is 11.5 Å². The molecule has 1 aromatic heterocycles. The zero-order valence-corrected chi connectivity index (χ0v) is 15.5. The quantitative estimate of drug-likeness (QED) is 0.708. The summed E-state index contributed by atoms with van der Waals surface area (Å²) in [6.07, 6.45) is 1.65. The number of amides is 1. The molecule has 0 fully saturated rings. The van der Waals surface area contributed by atoms with Gasteiger partial charge in [0.2, 0.25) is 5.91 Å². The Labute approximate surface area is 156 Å². The van der Waals surface area contributed by atoms with Crippen molar-refractivity contribution in [3.8, 4) is 28.7 Å². The third-order valence-corrected chi connectivity index (χ3v) is 3.87. The molecule has 0 bridgehead atoms. The first-order chi connectivity index (χ1) is 13.0. The topological polar surface area (TPSA) is 78.9 Å². The SMILES string of the molecule is COc1cc(NC(C)=O)cc(Oc2ccnc3cc(OC)c(OC)cc23)c1. The maximum Gasteiger partial charge on any atom is 0.221 e. The Bertz CT molecular complexity index is 988. The summed E-state index contributed by atoms with van der Waals surface area (Å²) in [5, 5.41) is 3.49. The second-order valence-corrected chi connectivity index (χ2v) is 5.71. The van der Waals surface area contributed by atoms with Crippen LogP contribution in [-0.4, -0.2) is 32.2 Å². The van der Waals surface area contributed by atoms with E-state index < -0.39 is 0 Å². The summed E-state index contributed by atoms with van der Waals surface area (Å²) >= 11 is 0. The molecule has 1 amide bonds. The van der Waals surface area contributed by atoms with Gasteiger partial charge in [0, 0.05) is 48.5 Å².